The SMILES string of the molecule is BrCC1CCCSC1. The van der Waals surface area contributed by atoms with E-state index in [0.717, 1.165) is 5.92 Å². The molecule has 0 N–H and O–H groups in total. The normalized spacial score (nSPS) is 30.4. The molecule has 0 aromatic heterocycles. The Labute approximate surface area is 63.5 Å². The van der Waals surface area contributed by atoms with Crippen molar-refractivity contribution in [2.75, 3.05) is 16.8 Å². The summed E-state index contributed by atoms with van der Waals surface area (Å²) in [6.45, 7) is 0. The van der Waals surface area contributed by atoms with Crippen LogP contribution in [0, 0.1) is 5.92 Å². The Hall–Kier alpha value is 0.830. The number of thioether (sulfide) groups is 1. The van der Waals surface area contributed by atoms with Crippen molar-refractivity contribution in [1.82, 2.24) is 0 Å². The van der Waals surface area contributed by atoms with Gasteiger partial charge in [-0.25, -0.2) is 0 Å². The van der Waals surface area contributed by atoms with Gasteiger partial charge in [-0.1, -0.05) is 15.9 Å². The Kier molecular flexibility index (Phi) is 3.28. The lowest BCUT2D eigenvalue weighted by Gasteiger charge is -2.17. The third kappa shape index (κ3) is 1.98. The van der Waals surface area contributed by atoms with Crippen LogP contribution in [0.15, 0.2) is 0 Å². The van der Waals surface area contributed by atoms with Crippen LogP contribution in [0.5, 0.6) is 0 Å². The lowest BCUT2D eigenvalue weighted by molar-refractivity contribution is 0.585. The van der Waals surface area contributed by atoms with E-state index in [1.54, 1.807) is 0 Å². The van der Waals surface area contributed by atoms with Crippen LogP contribution in [-0.2, 0) is 0 Å². The summed E-state index contributed by atoms with van der Waals surface area (Å²) in [5.41, 5.74) is 0. The molecule has 0 amide bonds. The largest absolute Gasteiger partial charge is 0.162 e. The predicted molar refractivity (Wildman–Crippen MR) is 43.8 cm³/mol. The molecule has 1 aliphatic rings. The summed E-state index contributed by atoms with van der Waals surface area (Å²) < 4.78 is 0. The summed E-state index contributed by atoms with van der Waals surface area (Å²) in [5, 5.41) is 1.21. The van der Waals surface area contributed by atoms with E-state index in [4.69, 9.17) is 0 Å². The third-order valence-corrected chi connectivity index (χ3v) is 3.67. The van der Waals surface area contributed by atoms with Crippen molar-refractivity contribution in [2.24, 2.45) is 5.92 Å². The fourth-order valence-electron chi connectivity index (χ4n) is 0.929. The molecule has 0 radical (unpaired) electrons. The molecule has 0 nitrogen and oxygen atoms in total. The van der Waals surface area contributed by atoms with Gasteiger partial charge in [0, 0.05) is 5.33 Å². The minimum atomic E-state index is 0.966. The summed E-state index contributed by atoms with van der Waals surface area (Å²) in [7, 11) is 0. The van der Waals surface area contributed by atoms with E-state index in [0.29, 0.717) is 0 Å². The summed E-state index contributed by atoms with van der Waals surface area (Å²) in [6, 6.07) is 0. The molecule has 1 rings (SSSR count). The average Bonchev–Trinajstić information content (AvgIpc) is 1.90. The van der Waals surface area contributed by atoms with Crippen LogP contribution in [0.4, 0.5) is 0 Å². The van der Waals surface area contributed by atoms with Crippen molar-refractivity contribution in [3.05, 3.63) is 0 Å². The maximum atomic E-state index is 3.50. The van der Waals surface area contributed by atoms with Crippen LogP contribution in [0.3, 0.4) is 0 Å². The van der Waals surface area contributed by atoms with E-state index in [-0.39, 0.29) is 0 Å². The molecule has 1 atom stereocenters. The zero-order valence-electron chi connectivity index (χ0n) is 4.90. The molecule has 0 aliphatic carbocycles. The van der Waals surface area contributed by atoms with Gasteiger partial charge < -0.3 is 0 Å². The standard InChI is InChI=1S/C6H11BrS/c7-4-6-2-1-3-8-5-6/h6H,1-5H2. The van der Waals surface area contributed by atoms with Crippen molar-refractivity contribution in [3.63, 3.8) is 0 Å². The van der Waals surface area contributed by atoms with E-state index < -0.39 is 0 Å². The predicted octanol–water partition coefficient (Wildman–Crippen LogP) is 2.52. The number of halogens is 1. The average molecular weight is 195 g/mol. The van der Waals surface area contributed by atoms with E-state index >= 15 is 0 Å². The van der Waals surface area contributed by atoms with Gasteiger partial charge in [0.25, 0.3) is 0 Å². The Bertz CT molecular complexity index is 59.5. The minimum Gasteiger partial charge on any atom is -0.162 e. The summed E-state index contributed by atoms with van der Waals surface area (Å²) in [5.74, 6) is 3.74. The van der Waals surface area contributed by atoms with Gasteiger partial charge in [0.15, 0.2) is 0 Å². The number of rotatable bonds is 1. The summed E-state index contributed by atoms with van der Waals surface area (Å²) >= 11 is 5.60. The first kappa shape index (κ1) is 6.94. The van der Waals surface area contributed by atoms with Crippen LogP contribution in [0.1, 0.15) is 12.8 Å². The molecule has 1 saturated heterocycles. The molecule has 8 heavy (non-hydrogen) atoms. The maximum Gasteiger partial charge on any atom is 0.00675 e. The van der Waals surface area contributed by atoms with Crippen LogP contribution in [0.2, 0.25) is 0 Å². The molecule has 48 valence electrons. The molecule has 0 saturated carbocycles. The molecular formula is C6H11BrS. The second kappa shape index (κ2) is 3.78. The molecule has 0 spiro atoms. The summed E-state index contributed by atoms with van der Waals surface area (Å²) in [6.07, 6.45) is 2.87. The van der Waals surface area contributed by atoms with Crippen molar-refractivity contribution < 1.29 is 0 Å². The molecule has 0 aromatic carbocycles. The summed E-state index contributed by atoms with van der Waals surface area (Å²) in [4.78, 5) is 0. The molecular weight excluding hydrogens is 184 g/mol. The van der Waals surface area contributed by atoms with Gasteiger partial charge in [0.05, 0.1) is 0 Å². The van der Waals surface area contributed by atoms with Crippen LogP contribution >= 0.6 is 27.7 Å². The van der Waals surface area contributed by atoms with Gasteiger partial charge in [-0.15, -0.1) is 0 Å². The minimum absolute atomic E-state index is 0.966. The van der Waals surface area contributed by atoms with Crippen LogP contribution in [-0.4, -0.2) is 16.8 Å². The van der Waals surface area contributed by atoms with E-state index in [9.17, 15) is 0 Å². The fraction of sp³-hybridized carbons (Fsp3) is 1.00. The highest BCUT2D eigenvalue weighted by molar-refractivity contribution is 9.09. The zero-order chi connectivity index (χ0) is 5.82. The molecule has 0 aromatic rings. The van der Waals surface area contributed by atoms with Crippen molar-refractivity contribution >= 4 is 27.7 Å². The second-order valence-corrected chi connectivity index (χ2v) is 4.03. The van der Waals surface area contributed by atoms with Gasteiger partial charge in [0.2, 0.25) is 0 Å². The molecule has 1 unspecified atom stereocenters. The second-order valence-electron chi connectivity index (χ2n) is 2.24. The number of hydrogen-bond acceptors (Lipinski definition) is 1. The Morgan fingerprint density at radius 2 is 2.50 bits per heavy atom. The van der Waals surface area contributed by atoms with Gasteiger partial charge in [0.1, 0.15) is 0 Å². The van der Waals surface area contributed by atoms with Gasteiger partial charge in [-0.3, -0.25) is 0 Å². The zero-order valence-corrected chi connectivity index (χ0v) is 7.30. The van der Waals surface area contributed by atoms with Crippen molar-refractivity contribution in [3.8, 4) is 0 Å². The molecule has 1 fully saturated rings. The quantitative estimate of drug-likeness (QED) is 0.579. The van der Waals surface area contributed by atoms with Crippen molar-refractivity contribution in [1.29, 1.82) is 0 Å². The number of alkyl halides is 1. The first-order valence-corrected chi connectivity index (χ1v) is 5.35. The van der Waals surface area contributed by atoms with Gasteiger partial charge >= 0.3 is 0 Å². The first-order valence-electron chi connectivity index (χ1n) is 3.07. The van der Waals surface area contributed by atoms with E-state index in [2.05, 4.69) is 27.7 Å². The van der Waals surface area contributed by atoms with Crippen LogP contribution < -0.4 is 0 Å². The highest BCUT2D eigenvalue weighted by Crippen LogP contribution is 2.23. The van der Waals surface area contributed by atoms with Crippen LogP contribution in [0.25, 0.3) is 0 Å². The van der Waals surface area contributed by atoms with E-state index in [1.807, 2.05) is 0 Å². The van der Waals surface area contributed by atoms with E-state index in [1.165, 1.54) is 29.7 Å². The molecule has 1 heterocycles. The molecule has 2 heteroatoms. The highest BCUT2D eigenvalue weighted by atomic mass is 79.9. The van der Waals surface area contributed by atoms with Gasteiger partial charge in [-0.2, -0.15) is 11.8 Å². The third-order valence-electron chi connectivity index (χ3n) is 1.47. The smallest absolute Gasteiger partial charge is 0.00675 e. The highest BCUT2D eigenvalue weighted by Gasteiger charge is 2.10. The van der Waals surface area contributed by atoms with Crippen molar-refractivity contribution in [2.45, 2.75) is 12.8 Å². The topological polar surface area (TPSA) is 0 Å². The fourth-order valence-corrected chi connectivity index (χ4v) is 2.94. The van der Waals surface area contributed by atoms with Gasteiger partial charge in [-0.05, 0) is 30.3 Å². The first-order chi connectivity index (χ1) is 3.93. The Morgan fingerprint density at radius 1 is 1.62 bits per heavy atom. The molecule has 1 aliphatic heterocycles. The number of hydrogen-bond donors (Lipinski definition) is 0. The maximum absolute atomic E-state index is 3.50. The molecule has 0 bridgehead atoms. The lowest BCUT2D eigenvalue weighted by atomic mass is 10.1. The monoisotopic (exact) mass is 194 g/mol. The Morgan fingerprint density at radius 3 is 2.88 bits per heavy atom. The Balaban J connectivity index is 2.13. The lowest BCUT2D eigenvalue weighted by Crippen LogP contribution is -2.10.